The normalized spacial score (nSPS) is 16.5. The molecule has 0 bridgehead atoms. The third-order valence-electron chi connectivity index (χ3n) is 8.30. The second kappa shape index (κ2) is 13.9. The molecule has 1 saturated carbocycles. The molecule has 3 aromatic carbocycles. The van der Waals surface area contributed by atoms with Gasteiger partial charge in [-0.2, -0.15) is 28.1 Å². The SMILES string of the molecule is FC(F)(F)COc1nc(Nc2ccc(NCCN3CCC(c4ccc(Cl)cc4)CC3)cc2)nc(NC2(c3ccc(Cl)cc3)CC2)n1. The van der Waals surface area contributed by atoms with Crippen LogP contribution >= 0.6 is 23.2 Å². The Kier molecular flexibility index (Phi) is 9.72. The fourth-order valence-electron chi connectivity index (χ4n) is 5.66. The van der Waals surface area contributed by atoms with Crippen molar-refractivity contribution in [3.05, 3.63) is 94.0 Å². The van der Waals surface area contributed by atoms with Crippen LogP contribution < -0.4 is 20.7 Å². The van der Waals surface area contributed by atoms with E-state index in [4.69, 9.17) is 27.9 Å². The first-order chi connectivity index (χ1) is 22.1. The lowest BCUT2D eigenvalue weighted by molar-refractivity contribution is -0.154. The van der Waals surface area contributed by atoms with E-state index in [0.29, 0.717) is 16.6 Å². The maximum atomic E-state index is 12.9. The van der Waals surface area contributed by atoms with Crippen molar-refractivity contribution in [3.8, 4) is 6.01 Å². The van der Waals surface area contributed by atoms with Crippen LogP contribution in [-0.4, -0.2) is 58.8 Å². The third kappa shape index (κ3) is 8.71. The summed E-state index contributed by atoms with van der Waals surface area (Å²) in [7, 11) is 0. The van der Waals surface area contributed by atoms with Crippen LogP contribution in [0.1, 0.15) is 42.7 Å². The minimum atomic E-state index is -4.54. The number of nitrogens with zero attached hydrogens (tertiary/aromatic N) is 4. The van der Waals surface area contributed by atoms with Gasteiger partial charge in [-0.1, -0.05) is 47.5 Å². The number of aromatic nitrogens is 3. The molecule has 3 N–H and O–H groups in total. The van der Waals surface area contributed by atoms with E-state index in [1.807, 2.05) is 48.5 Å². The standard InChI is InChI=1S/C33H34Cl2F3N7O/c34-25-5-1-22(2-6-25)23-13-18-45(19-14-23)20-17-39-27-9-11-28(12-10-27)40-29-41-30(43-31(42-29)46-21-33(36,37)38)44-32(15-16-32)24-3-7-26(35)8-4-24/h1-12,23,39H,13-21H2,(H2,40,41,42,43,44). The highest BCUT2D eigenvalue weighted by atomic mass is 35.5. The van der Waals surface area contributed by atoms with Crippen LogP contribution in [0.4, 0.5) is 36.4 Å². The van der Waals surface area contributed by atoms with Gasteiger partial charge in [-0.15, -0.1) is 0 Å². The molecule has 8 nitrogen and oxygen atoms in total. The van der Waals surface area contributed by atoms with Crippen LogP contribution in [0.25, 0.3) is 0 Å². The number of likely N-dealkylation sites (tertiary alicyclic amines) is 1. The molecule has 0 atom stereocenters. The first-order valence-corrected chi connectivity index (χ1v) is 16.0. The zero-order valence-corrected chi connectivity index (χ0v) is 26.5. The number of hydrogen-bond acceptors (Lipinski definition) is 8. The van der Waals surface area contributed by atoms with Gasteiger partial charge < -0.3 is 25.6 Å². The van der Waals surface area contributed by atoms with Gasteiger partial charge in [0.1, 0.15) is 0 Å². The molecule has 2 fully saturated rings. The predicted octanol–water partition coefficient (Wildman–Crippen LogP) is 8.26. The number of nitrogens with one attached hydrogen (secondary N) is 3. The van der Waals surface area contributed by atoms with Crippen molar-refractivity contribution < 1.29 is 17.9 Å². The van der Waals surface area contributed by atoms with Crippen molar-refractivity contribution in [3.63, 3.8) is 0 Å². The topological polar surface area (TPSA) is 87.2 Å². The average Bonchev–Trinajstić information content (AvgIpc) is 3.82. The quantitative estimate of drug-likeness (QED) is 0.139. The van der Waals surface area contributed by atoms with Crippen LogP contribution in [0.2, 0.25) is 10.0 Å². The summed E-state index contributed by atoms with van der Waals surface area (Å²) in [5, 5.41) is 11.2. The molecule has 0 amide bonds. The van der Waals surface area contributed by atoms with Gasteiger partial charge in [-0.3, -0.25) is 0 Å². The summed E-state index contributed by atoms with van der Waals surface area (Å²) in [6.07, 6.45) is -0.676. The molecule has 1 aliphatic heterocycles. The van der Waals surface area contributed by atoms with E-state index in [-0.39, 0.29) is 11.9 Å². The van der Waals surface area contributed by atoms with Crippen LogP contribution in [-0.2, 0) is 5.54 Å². The molecule has 0 radical (unpaired) electrons. The molecule has 13 heteroatoms. The number of hydrogen-bond donors (Lipinski definition) is 3. The lowest BCUT2D eigenvalue weighted by Gasteiger charge is -2.32. The van der Waals surface area contributed by atoms with E-state index in [2.05, 4.69) is 47.9 Å². The van der Waals surface area contributed by atoms with E-state index in [0.717, 1.165) is 68.1 Å². The zero-order chi connectivity index (χ0) is 32.1. The summed E-state index contributed by atoms with van der Waals surface area (Å²) in [4.78, 5) is 15.1. The largest absolute Gasteiger partial charge is 0.454 e. The number of benzene rings is 3. The van der Waals surface area contributed by atoms with Crippen molar-refractivity contribution in [1.29, 1.82) is 0 Å². The summed E-state index contributed by atoms with van der Waals surface area (Å²) in [6, 6.07) is 22.7. The molecule has 4 aromatic rings. The molecule has 46 heavy (non-hydrogen) atoms. The Bertz CT molecular complexity index is 1590. The minimum Gasteiger partial charge on any atom is -0.454 e. The number of alkyl halides is 3. The van der Waals surface area contributed by atoms with Crippen LogP contribution in [0.5, 0.6) is 6.01 Å². The van der Waals surface area contributed by atoms with Gasteiger partial charge in [0, 0.05) is 34.5 Å². The summed E-state index contributed by atoms with van der Waals surface area (Å²) in [6.45, 7) is 2.33. The number of halogens is 5. The van der Waals surface area contributed by atoms with Gasteiger partial charge in [-0.25, -0.2) is 0 Å². The number of piperidine rings is 1. The first kappa shape index (κ1) is 32.2. The smallest absolute Gasteiger partial charge is 0.422 e. The molecule has 2 heterocycles. The van der Waals surface area contributed by atoms with E-state index in [1.54, 1.807) is 12.1 Å². The van der Waals surface area contributed by atoms with Crippen LogP contribution in [0, 0.1) is 0 Å². The Morgan fingerprint density at radius 2 is 1.41 bits per heavy atom. The van der Waals surface area contributed by atoms with E-state index in [1.165, 1.54) is 5.56 Å². The lowest BCUT2D eigenvalue weighted by atomic mass is 9.89. The van der Waals surface area contributed by atoms with Gasteiger partial charge in [-0.05, 0) is 104 Å². The second-order valence-electron chi connectivity index (χ2n) is 11.7. The maximum absolute atomic E-state index is 12.9. The Labute approximate surface area is 275 Å². The number of rotatable bonds is 12. The highest BCUT2D eigenvalue weighted by molar-refractivity contribution is 6.30. The Morgan fingerprint density at radius 1 is 0.804 bits per heavy atom. The lowest BCUT2D eigenvalue weighted by Crippen LogP contribution is -2.36. The molecule has 1 aliphatic carbocycles. The minimum absolute atomic E-state index is 0.0595. The second-order valence-corrected chi connectivity index (χ2v) is 12.6. The van der Waals surface area contributed by atoms with E-state index in [9.17, 15) is 13.2 Å². The fraction of sp³-hybridized carbons (Fsp3) is 0.364. The third-order valence-corrected chi connectivity index (χ3v) is 8.81. The Hall–Kier alpha value is -3.80. The molecule has 242 valence electrons. The number of ether oxygens (including phenoxy) is 1. The number of anilines is 4. The van der Waals surface area contributed by atoms with Gasteiger partial charge >= 0.3 is 12.2 Å². The van der Waals surface area contributed by atoms with Crippen LogP contribution in [0.3, 0.4) is 0 Å². The van der Waals surface area contributed by atoms with E-state index >= 15 is 0 Å². The molecule has 6 rings (SSSR count). The molecular weight excluding hydrogens is 638 g/mol. The monoisotopic (exact) mass is 671 g/mol. The summed E-state index contributed by atoms with van der Waals surface area (Å²) in [5.74, 6) is 0.741. The van der Waals surface area contributed by atoms with Gasteiger partial charge in [0.05, 0.1) is 5.54 Å². The van der Waals surface area contributed by atoms with Gasteiger partial charge in [0.2, 0.25) is 11.9 Å². The predicted molar refractivity (Wildman–Crippen MR) is 175 cm³/mol. The molecule has 2 aliphatic rings. The molecule has 1 saturated heterocycles. The summed E-state index contributed by atoms with van der Waals surface area (Å²) in [5.41, 5.74) is 3.51. The van der Waals surface area contributed by atoms with Crippen molar-refractivity contribution in [2.75, 3.05) is 48.7 Å². The Balaban J connectivity index is 1.04. The molecule has 0 spiro atoms. The van der Waals surface area contributed by atoms with Crippen molar-refractivity contribution in [2.24, 2.45) is 0 Å². The first-order valence-electron chi connectivity index (χ1n) is 15.2. The summed E-state index contributed by atoms with van der Waals surface area (Å²) < 4.78 is 43.6. The average molecular weight is 673 g/mol. The highest BCUT2D eigenvalue weighted by Crippen LogP contribution is 2.48. The molecule has 1 aromatic heterocycles. The van der Waals surface area contributed by atoms with Crippen molar-refractivity contribution >= 4 is 46.5 Å². The van der Waals surface area contributed by atoms with Crippen molar-refractivity contribution in [2.45, 2.75) is 43.3 Å². The highest BCUT2D eigenvalue weighted by Gasteiger charge is 2.45. The zero-order valence-electron chi connectivity index (χ0n) is 25.0. The maximum Gasteiger partial charge on any atom is 0.422 e. The van der Waals surface area contributed by atoms with Crippen molar-refractivity contribution in [1.82, 2.24) is 19.9 Å². The summed E-state index contributed by atoms with van der Waals surface area (Å²) >= 11 is 12.1. The van der Waals surface area contributed by atoms with Gasteiger partial charge in [0.25, 0.3) is 0 Å². The fourth-order valence-corrected chi connectivity index (χ4v) is 5.91. The molecule has 0 unspecified atom stereocenters. The Morgan fingerprint density at radius 3 is 2.04 bits per heavy atom. The van der Waals surface area contributed by atoms with Crippen LogP contribution in [0.15, 0.2) is 72.8 Å². The van der Waals surface area contributed by atoms with E-state index < -0.39 is 24.3 Å². The molecular formula is C33H34Cl2F3N7O. The van der Waals surface area contributed by atoms with Gasteiger partial charge in [0.15, 0.2) is 6.61 Å².